The van der Waals surface area contributed by atoms with Crippen molar-refractivity contribution < 1.29 is 9.59 Å². The lowest BCUT2D eigenvalue weighted by molar-refractivity contribution is -0.140. The minimum absolute atomic E-state index is 0.0128. The Morgan fingerprint density at radius 2 is 1.41 bits per heavy atom. The Morgan fingerprint density at radius 1 is 0.828 bits per heavy atom. The van der Waals surface area contributed by atoms with Crippen LogP contribution in [0, 0.1) is 0 Å². The number of amides is 2. The van der Waals surface area contributed by atoms with Crippen LogP contribution in [0.25, 0.3) is 5.57 Å². The summed E-state index contributed by atoms with van der Waals surface area (Å²) in [6.45, 7) is 0.587. The van der Waals surface area contributed by atoms with Gasteiger partial charge in [0.05, 0.1) is 5.57 Å². The van der Waals surface area contributed by atoms with Crippen LogP contribution in [0.4, 0.5) is 0 Å². The van der Waals surface area contributed by atoms with Gasteiger partial charge in [-0.05, 0) is 24.0 Å². The van der Waals surface area contributed by atoms with Crippen molar-refractivity contribution in [1.29, 1.82) is 0 Å². The van der Waals surface area contributed by atoms with Gasteiger partial charge in [-0.15, -0.1) is 0 Å². The van der Waals surface area contributed by atoms with Gasteiger partial charge < -0.3 is 4.90 Å². The number of hydrogen-bond donors (Lipinski definition) is 0. The summed E-state index contributed by atoms with van der Waals surface area (Å²) >= 11 is 0. The summed E-state index contributed by atoms with van der Waals surface area (Å²) in [6.07, 6.45) is 6.36. The summed E-state index contributed by atoms with van der Waals surface area (Å²) in [5.41, 5.74) is 2.99. The third-order valence-electron chi connectivity index (χ3n) is 5.99. The number of rotatable bonds is 5. The monoisotopic (exact) mass is 388 g/mol. The predicted molar refractivity (Wildman–Crippen MR) is 115 cm³/mol. The molecule has 0 bridgehead atoms. The van der Waals surface area contributed by atoms with E-state index in [0.717, 1.165) is 36.8 Å². The zero-order valence-corrected chi connectivity index (χ0v) is 17.0. The van der Waals surface area contributed by atoms with Crippen LogP contribution in [0.5, 0.6) is 0 Å². The SMILES string of the molecule is CN(Cc1ccccc1)C1=C(c2ccccc2)C(=O)N(C2CCCCCC2)C1=O. The lowest BCUT2D eigenvalue weighted by Crippen LogP contribution is -2.42. The maximum absolute atomic E-state index is 13.5. The second-order valence-electron chi connectivity index (χ2n) is 8.06. The molecular weight excluding hydrogens is 360 g/mol. The fraction of sp³-hybridized carbons (Fsp3) is 0.360. The molecule has 0 atom stereocenters. The molecule has 4 rings (SSSR count). The molecule has 1 aliphatic carbocycles. The number of benzene rings is 2. The summed E-state index contributed by atoms with van der Waals surface area (Å²) in [6, 6.07) is 19.7. The second kappa shape index (κ2) is 8.64. The molecule has 0 N–H and O–H groups in total. The summed E-state index contributed by atoms with van der Waals surface area (Å²) in [7, 11) is 1.91. The molecule has 4 heteroatoms. The van der Waals surface area contributed by atoms with Crippen molar-refractivity contribution in [1.82, 2.24) is 9.80 Å². The largest absolute Gasteiger partial charge is 0.365 e. The Morgan fingerprint density at radius 3 is 2.03 bits per heavy atom. The Hall–Kier alpha value is -2.88. The summed E-state index contributed by atoms with van der Waals surface area (Å²) in [5.74, 6) is -0.276. The molecule has 2 aromatic carbocycles. The average Bonchev–Trinajstić information content (AvgIpc) is 2.90. The zero-order chi connectivity index (χ0) is 20.2. The number of carbonyl (C=O) groups is 2. The van der Waals surface area contributed by atoms with Gasteiger partial charge in [0.2, 0.25) is 0 Å². The molecule has 0 spiro atoms. The molecule has 0 aromatic heterocycles. The van der Waals surface area contributed by atoms with Crippen molar-refractivity contribution in [2.24, 2.45) is 0 Å². The molecular formula is C25H28N2O2. The fourth-order valence-electron chi connectivity index (χ4n) is 4.54. The highest BCUT2D eigenvalue weighted by Gasteiger charge is 2.43. The molecule has 1 saturated carbocycles. The van der Waals surface area contributed by atoms with Gasteiger partial charge >= 0.3 is 0 Å². The third kappa shape index (κ3) is 3.98. The van der Waals surface area contributed by atoms with Gasteiger partial charge in [-0.25, -0.2) is 0 Å². The summed E-state index contributed by atoms with van der Waals surface area (Å²) in [5, 5.41) is 0. The normalized spacial score (nSPS) is 18.3. The highest BCUT2D eigenvalue weighted by Crippen LogP contribution is 2.35. The van der Waals surface area contributed by atoms with Crippen LogP contribution in [0.1, 0.15) is 49.7 Å². The van der Waals surface area contributed by atoms with Gasteiger partial charge in [-0.3, -0.25) is 14.5 Å². The first-order valence-electron chi connectivity index (χ1n) is 10.6. The first-order chi connectivity index (χ1) is 14.2. The number of nitrogens with zero attached hydrogens (tertiary/aromatic N) is 2. The van der Waals surface area contributed by atoms with E-state index in [1.807, 2.05) is 72.6 Å². The summed E-state index contributed by atoms with van der Waals surface area (Å²) < 4.78 is 0. The summed E-state index contributed by atoms with van der Waals surface area (Å²) in [4.78, 5) is 30.6. The number of carbonyl (C=O) groups excluding carboxylic acids is 2. The van der Waals surface area contributed by atoms with Crippen LogP contribution in [-0.4, -0.2) is 34.7 Å². The highest BCUT2D eigenvalue weighted by molar-refractivity contribution is 6.35. The van der Waals surface area contributed by atoms with Crippen LogP contribution in [-0.2, 0) is 16.1 Å². The van der Waals surface area contributed by atoms with Crippen LogP contribution < -0.4 is 0 Å². The maximum atomic E-state index is 13.5. The molecule has 150 valence electrons. The quantitative estimate of drug-likeness (QED) is 0.554. The number of imide groups is 1. The van der Waals surface area contributed by atoms with E-state index in [2.05, 4.69) is 0 Å². The highest BCUT2D eigenvalue weighted by atomic mass is 16.2. The van der Waals surface area contributed by atoms with Crippen LogP contribution in [0.15, 0.2) is 66.4 Å². The predicted octanol–water partition coefficient (Wildman–Crippen LogP) is 4.62. The Kier molecular flexibility index (Phi) is 5.79. The molecule has 2 aliphatic rings. The van der Waals surface area contributed by atoms with Gasteiger partial charge in [0, 0.05) is 19.6 Å². The molecule has 0 saturated heterocycles. The van der Waals surface area contributed by atoms with Gasteiger partial charge in [0.1, 0.15) is 5.70 Å². The van der Waals surface area contributed by atoms with E-state index < -0.39 is 0 Å². The molecule has 2 aromatic rings. The van der Waals surface area contributed by atoms with Crippen molar-refractivity contribution in [2.45, 2.75) is 51.1 Å². The van der Waals surface area contributed by atoms with Crippen molar-refractivity contribution in [2.75, 3.05) is 7.05 Å². The van der Waals surface area contributed by atoms with E-state index in [9.17, 15) is 9.59 Å². The van der Waals surface area contributed by atoms with E-state index >= 15 is 0 Å². The molecule has 2 amide bonds. The smallest absolute Gasteiger partial charge is 0.278 e. The second-order valence-corrected chi connectivity index (χ2v) is 8.06. The van der Waals surface area contributed by atoms with Gasteiger partial charge in [-0.2, -0.15) is 0 Å². The van der Waals surface area contributed by atoms with Crippen LogP contribution in [0.3, 0.4) is 0 Å². The maximum Gasteiger partial charge on any atom is 0.278 e. The lowest BCUT2D eigenvalue weighted by atomic mass is 10.0. The first-order valence-corrected chi connectivity index (χ1v) is 10.6. The van der Waals surface area contributed by atoms with Gasteiger partial charge in [-0.1, -0.05) is 86.3 Å². The van der Waals surface area contributed by atoms with E-state index in [1.165, 1.54) is 12.8 Å². The van der Waals surface area contributed by atoms with Crippen molar-refractivity contribution in [3.8, 4) is 0 Å². The molecule has 1 heterocycles. The minimum atomic E-state index is -0.140. The average molecular weight is 389 g/mol. The molecule has 0 radical (unpaired) electrons. The molecule has 4 nitrogen and oxygen atoms in total. The number of hydrogen-bond acceptors (Lipinski definition) is 3. The third-order valence-corrected chi connectivity index (χ3v) is 5.99. The minimum Gasteiger partial charge on any atom is -0.365 e. The van der Waals surface area contributed by atoms with Crippen molar-refractivity contribution >= 4 is 17.4 Å². The van der Waals surface area contributed by atoms with Crippen LogP contribution in [0.2, 0.25) is 0 Å². The standard InChI is InChI=1S/C25H28N2O2/c1-26(18-19-12-6-4-7-13-19)23-22(20-14-8-5-9-15-20)24(28)27(25(23)29)21-16-10-2-3-11-17-21/h4-9,12-15,21H,2-3,10-11,16-18H2,1H3. The zero-order valence-electron chi connectivity index (χ0n) is 17.0. The number of likely N-dealkylation sites (N-methyl/N-ethyl adjacent to an activating group) is 1. The molecule has 1 fully saturated rings. The topological polar surface area (TPSA) is 40.6 Å². The van der Waals surface area contributed by atoms with E-state index in [-0.39, 0.29) is 17.9 Å². The first kappa shape index (κ1) is 19.4. The van der Waals surface area contributed by atoms with E-state index in [0.29, 0.717) is 17.8 Å². The fourth-order valence-corrected chi connectivity index (χ4v) is 4.54. The van der Waals surface area contributed by atoms with Crippen molar-refractivity contribution in [3.63, 3.8) is 0 Å². The molecule has 0 unspecified atom stereocenters. The van der Waals surface area contributed by atoms with Gasteiger partial charge in [0.25, 0.3) is 11.8 Å². The van der Waals surface area contributed by atoms with E-state index in [4.69, 9.17) is 0 Å². The Balaban J connectivity index is 1.71. The van der Waals surface area contributed by atoms with E-state index in [1.54, 1.807) is 4.90 Å². The van der Waals surface area contributed by atoms with Crippen LogP contribution >= 0.6 is 0 Å². The molecule has 1 aliphatic heterocycles. The molecule has 29 heavy (non-hydrogen) atoms. The lowest BCUT2D eigenvalue weighted by Gasteiger charge is -2.27. The Labute approximate surface area is 172 Å². The Bertz CT molecular complexity index is 897. The van der Waals surface area contributed by atoms with Crippen molar-refractivity contribution in [3.05, 3.63) is 77.5 Å². The van der Waals surface area contributed by atoms with Gasteiger partial charge in [0.15, 0.2) is 0 Å².